The zero-order valence-electron chi connectivity index (χ0n) is 17.9. The molecule has 1 aromatic heterocycles. The van der Waals surface area contributed by atoms with E-state index in [9.17, 15) is 17.6 Å². The van der Waals surface area contributed by atoms with Crippen molar-refractivity contribution in [2.24, 2.45) is 0 Å². The zero-order valence-corrected chi connectivity index (χ0v) is 18.7. The normalized spacial score (nSPS) is 17.5. The fourth-order valence-corrected chi connectivity index (χ4v) is 5.70. The molecule has 1 saturated heterocycles. The molecule has 1 amide bonds. The molecule has 0 saturated carbocycles. The Kier molecular flexibility index (Phi) is 6.52. The Morgan fingerprint density at radius 1 is 1.22 bits per heavy atom. The van der Waals surface area contributed by atoms with Crippen LogP contribution in [0, 0.1) is 5.82 Å². The Bertz CT molecular complexity index is 1230. The molecule has 2 heterocycles. The van der Waals surface area contributed by atoms with E-state index in [1.807, 2.05) is 6.92 Å². The number of carbonyl (C=O) groups is 1. The van der Waals surface area contributed by atoms with Gasteiger partial charge in [0.1, 0.15) is 17.4 Å². The molecule has 3 aromatic rings. The van der Waals surface area contributed by atoms with E-state index in [1.165, 1.54) is 22.5 Å². The Labute approximate surface area is 186 Å². The molecule has 1 unspecified atom stereocenters. The van der Waals surface area contributed by atoms with Crippen LogP contribution in [0.3, 0.4) is 0 Å². The van der Waals surface area contributed by atoms with Gasteiger partial charge in [-0.1, -0.05) is 36.8 Å². The lowest BCUT2D eigenvalue weighted by atomic mass is 10.0. The number of aromatic nitrogens is 3. The summed E-state index contributed by atoms with van der Waals surface area (Å²) in [6.07, 6.45) is 2.71. The maximum Gasteiger partial charge on any atom is 0.243 e. The predicted molar refractivity (Wildman–Crippen MR) is 118 cm³/mol. The summed E-state index contributed by atoms with van der Waals surface area (Å²) >= 11 is 0. The topological polar surface area (TPSA) is 97.2 Å². The van der Waals surface area contributed by atoms with Crippen molar-refractivity contribution in [3.8, 4) is 0 Å². The van der Waals surface area contributed by atoms with Crippen LogP contribution < -0.4 is 5.32 Å². The molecule has 1 aliphatic rings. The van der Waals surface area contributed by atoms with Gasteiger partial charge in [-0.2, -0.15) is 4.31 Å². The summed E-state index contributed by atoms with van der Waals surface area (Å²) in [7, 11) is -3.92. The number of fused-ring (bicyclic) bond motifs is 1. The van der Waals surface area contributed by atoms with E-state index in [0.717, 1.165) is 18.4 Å². The van der Waals surface area contributed by atoms with Crippen LogP contribution in [0.1, 0.15) is 38.2 Å². The summed E-state index contributed by atoms with van der Waals surface area (Å²) in [6.45, 7) is 2.97. The molecule has 0 radical (unpaired) electrons. The molecule has 170 valence electrons. The number of piperidine rings is 1. The molecule has 1 atom stereocenters. The van der Waals surface area contributed by atoms with Crippen molar-refractivity contribution in [2.45, 2.75) is 56.6 Å². The molecule has 8 nitrogen and oxygen atoms in total. The van der Waals surface area contributed by atoms with Gasteiger partial charge in [-0.25, -0.2) is 17.5 Å². The standard InChI is InChI=1S/C22H26FN5O3S/c1-2-12-27-20-11-10-17(14-19(20)25-26-27)32(30,31)28-13-6-5-9-21(28)22(29)24-15-16-7-3-4-8-18(16)23/h3-4,7-8,10-11,14,21H,2,5-6,9,12-13,15H2,1H3,(H,24,29). The molecule has 1 fully saturated rings. The summed E-state index contributed by atoms with van der Waals surface area (Å²) in [5.41, 5.74) is 1.62. The first-order chi connectivity index (χ1) is 15.4. The van der Waals surface area contributed by atoms with Crippen LogP contribution in [0.15, 0.2) is 47.4 Å². The van der Waals surface area contributed by atoms with Crippen molar-refractivity contribution in [3.05, 3.63) is 53.8 Å². The number of aryl methyl sites for hydroxylation is 1. The number of halogens is 1. The molecule has 0 aliphatic carbocycles. The van der Waals surface area contributed by atoms with Gasteiger partial charge < -0.3 is 5.32 Å². The molecular weight excluding hydrogens is 433 g/mol. The first-order valence-electron chi connectivity index (χ1n) is 10.8. The molecular formula is C22H26FN5O3S. The molecule has 0 bridgehead atoms. The minimum absolute atomic E-state index is 0.00237. The third-order valence-corrected chi connectivity index (χ3v) is 7.60. The summed E-state index contributed by atoms with van der Waals surface area (Å²) in [5, 5.41) is 10.9. The highest BCUT2D eigenvalue weighted by Gasteiger charge is 2.37. The number of hydrogen-bond acceptors (Lipinski definition) is 5. The SMILES string of the molecule is CCCn1nnc2cc(S(=O)(=O)N3CCCCC3C(=O)NCc3ccccc3F)ccc21. The van der Waals surface area contributed by atoms with E-state index < -0.39 is 27.8 Å². The number of benzene rings is 2. The minimum Gasteiger partial charge on any atom is -0.351 e. The quantitative estimate of drug-likeness (QED) is 0.586. The van der Waals surface area contributed by atoms with Crippen molar-refractivity contribution in [1.29, 1.82) is 0 Å². The summed E-state index contributed by atoms with van der Waals surface area (Å²) in [4.78, 5) is 13.0. The lowest BCUT2D eigenvalue weighted by Crippen LogP contribution is -2.51. The van der Waals surface area contributed by atoms with E-state index in [0.29, 0.717) is 30.5 Å². The monoisotopic (exact) mass is 459 g/mol. The number of sulfonamides is 1. The Hall–Kier alpha value is -2.85. The fourth-order valence-electron chi connectivity index (χ4n) is 4.02. The Morgan fingerprint density at radius 2 is 2.03 bits per heavy atom. The third-order valence-electron chi connectivity index (χ3n) is 5.69. The van der Waals surface area contributed by atoms with Crippen molar-refractivity contribution in [2.75, 3.05) is 6.54 Å². The molecule has 1 aliphatic heterocycles. The number of nitrogens with one attached hydrogen (secondary N) is 1. The van der Waals surface area contributed by atoms with Crippen molar-refractivity contribution in [1.82, 2.24) is 24.6 Å². The molecule has 2 aromatic carbocycles. The van der Waals surface area contributed by atoms with E-state index in [1.54, 1.807) is 28.9 Å². The van der Waals surface area contributed by atoms with Gasteiger partial charge >= 0.3 is 0 Å². The van der Waals surface area contributed by atoms with Crippen molar-refractivity contribution < 1.29 is 17.6 Å². The number of carbonyl (C=O) groups excluding carboxylic acids is 1. The lowest BCUT2D eigenvalue weighted by Gasteiger charge is -2.33. The second-order valence-electron chi connectivity index (χ2n) is 7.90. The number of hydrogen-bond donors (Lipinski definition) is 1. The number of amides is 1. The predicted octanol–water partition coefficient (Wildman–Crippen LogP) is 2.84. The molecule has 32 heavy (non-hydrogen) atoms. The van der Waals surface area contributed by atoms with Crippen LogP contribution in [0.5, 0.6) is 0 Å². The van der Waals surface area contributed by atoms with Gasteiger partial charge in [0, 0.05) is 25.2 Å². The highest BCUT2D eigenvalue weighted by Crippen LogP contribution is 2.27. The van der Waals surface area contributed by atoms with Crippen molar-refractivity contribution >= 4 is 27.0 Å². The summed E-state index contributed by atoms with van der Waals surface area (Å²) < 4.78 is 43.7. The van der Waals surface area contributed by atoms with E-state index in [-0.39, 0.29) is 18.0 Å². The average molecular weight is 460 g/mol. The van der Waals surface area contributed by atoms with Gasteiger partial charge in [0.2, 0.25) is 15.9 Å². The molecule has 1 N–H and O–H groups in total. The largest absolute Gasteiger partial charge is 0.351 e. The van der Waals surface area contributed by atoms with E-state index in [4.69, 9.17) is 0 Å². The van der Waals surface area contributed by atoms with Gasteiger partial charge in [0.25, 0.3) is 0 Å². The molecule has 4 rings (SSSR count). The van der Waals surface area contributed by atoms with Crippen molar-refractivity contribution in [3.63, 3.8) is 0 Å². The highest BCUT2D eigenvalue weighted by atomic mass is 32.2. The van der Waals surface area contributed by atoms with E-state index in [2.05, 4.69) is 15.6 Å². The van der Waals surface area contributed by atoms with Gasteiger partial charge in [-0.05, 0) is 43.5 Å². The van der Waals surface area contributed by atoms with E-state index >= 15 is 0 Å². The Balaban J connectivity index is 1.56. The number of rotatable bonds is 7. The maximum atomic E-state index is 13.9. The van der Waals surface area contributed by atoms with Crippen LogP contribution in [0.2, 0.25) is 0 Å². The van der Waals surface area contributed by atoms with Gasteiger partial charge in [-0.3, -0.25) is 4.79 Å². The second kappa shape index (κ2) is 9.33. The maximum absolute atomic E-state index is 13.9. The summed E-state index contributed by atoms with van der Waals surface area (Å²) in [5.74, 6) is -0.836. The average Bonchev–Trinajstić information content (AvgIpc) is 3.21. The van der Waals surface area contributed by atoms with Gasteiger partial charge in [-0.15, -0.1) is 5.10 Å². The van der Waals surface area contributed by atoms with Crippen LogP contribution in [0.4, 0.5) is 4.39 Å². The van der Waals surface area contributed by atoms with Gasteiger partial charge in [0.15, 0.2) is 0 Å². The fraction of sp³-hybridized carbons (Fsp3) is 0.409. The zero-order chi connectivity index (χ0) is 22.7. The highest BCUT2D eigenvalue weighted by molar-refractivity contribution is 7.89. The first kappa shape index (κ1) is 22.3. The summed E-state index contributed by atoms with van der Waals surface area (Å²) in [6, 6.07) is 10.1. The number of nitrogens with zero attached hydrogens (tertiary/aromatic N) is 4. The smallest absolute Gasteiger partial charge is 0.243 e. The lowest BCUT2D eigenvalue weighted by molar-refractivity contribution is -0.125. The van der Waals surface area contributed by atoms with Crippen LogP contribution in [-0.2, 0) is 27.9 Å². The third kappa shape index (κ3) is 4.37. The van der Waals surface area contributed by atoms with Crippen LogP contribution in [-0.4, -0.2) is 46.2 Å². The molecule has 0 spiro atoms. The minimum atomic E-state index is -3.92. The molecule has 10 heteroatoms. The Morgan fingerprint density at radius 3 is 2.81 bits per heavy atom. The van der Waals surface area contributed by atoms with Crippen LogP contribution >= 0.6 is 0 Å². The van der Waals surface area contributed by atoms with Gasteiger partial charge in [0.05, 0.1) is 10.4 Å². The van der Waals surface area contributed by atoms with Crippen LogP contribution in [0.25, 0.3) is 11.0 Å². The first-order valence-corrected chi connectivity index (χ1v) is 12.2. The second-order valence-corrected chi connectivity index (χ2v) is 9.79.